The molecule has 0 aliphatic carbocycles. The summed E-state index contributed by atoms with van der Waals surface area (Å²) in [5.74, 6) is 0.453. The molecule has 0 saturated carbocycles. The van der Waals surface area contributed by atoms with E-state index in [0.717, 1.165) is 11.1 Å². The van der Waals surface area contributed by atoms with Gasteiger partial charge in [-0.2, -0.15) is 0 Å². The maximum atomic E-state index is 13.7. The molecule has 4 aromatic rings. The number of carbonyl (C=O) groups excluding carboxylic acids is 2. The topological polar surface area (TPSA) is 67.9 Å². The van der Waals surface area contributed by atoms with Crippen LogP contribution in [0.4, 0.5) is 0 Å². The number of ether oxygens (including phenoxy) is 2. The van der Waals surface area contributed by atoms with Crippen molar-refractivity contribution in [3.63, 3.8) is 0 Å². The molecule has 1 atom stereocenters. The zero-order valence-electron chi connectivity index (χ0n) is 21.0. The van der Waals surface area contributed by atoms with E-state index < -0.39 is 6.04 Å². The standard InChI is InChI=1S/C31H29ClN2O4/c1-37-26-18-16-24(17-19-26)21-34(29(35)22-38-28-15-9-8-14-27(28)32)30(25-12-6-3-7-13-25)31(36)33-20-23-10-4-2-5-11-23/h2-19,30H,20-22H2,1H3,(H,33,36)/t30-/m0/s1. The van der Waals surface area contributed by atoms with Crippen LogP contribution in [0.3, 0.4) is 0 Å². The largest absolute Gasteiger partial charge is 0.497 e. The van der Waals surface area contributed by atoms with Gasteiger partial charge in [-0.15, -0.1) is 0 Å². The Hall–Kier alpha value is -4.29. The zero-order valence-corrected chi connectivity index (χ0v) is 21.8. The van der Waals surface area contributed by atoms with Crippen molar-refractivity contribution in [1.29, 1.82) is 0 Å². The molecule has 194 valence electrons. The van der Waals surface area contributed by atoms with Crippen LogP contribution in [0.5, 0.6) is 11.5 Å². The van der Waals surface area contributed by atoms with Crippen LogP contribution < -0.4 is 14.8 Å². The van der Waals surface area contributed by atoms with Crippen LogP contribution in [0.25, 0.3) is 0 Å². The number of carbonyl (C=O) groups is 2. The van der Waals surface area contributed by atoms with E-state index in [1.54, 1.807) is 31.4 Å². The Labute approximate surface area is 227 Å². The highest BCUT2D eigenvalue weighted by Gasteiger charge is 2.32. The molecule has 0 radical (unpaired) electrons. The molecular formula is C31H29ClN2O4. The monoisotopic (exact) mass is 528 g/mol. The molecular weight excluding hydrogens is 500 g/mol. The van der Waals surface area contributed by atoms with Gasteiger partial charge < -0.3 is 19.7 Å². The summed E-state index contributed by atoms with van der Waals surface area (Å²) in [5, 5.41) is 3.41. The third-order valence-electron chi connectivity index (χ3n) is 6.01. The van der Waals surface area contributed by atoms with Crippen LogP contribution in [0.15, 0.2) is 109 Å². The van der Waals surface area contributed by atoms with Gasteiger partial charge in [-0.05, 0) is 41.0 Å². The highest BCUT2D eigenvalue weighted by molar-refractivity contribution is 6.32. The molecule has 2 amide bonds. The van der Waals surface area contributed by atoms with Crippen LogP contribution >= 0.6 is 11.6 Å². The number of rotatable bonds is 11. The Morgan fingerprint density at radius 2 is 1.45 bits per heavy atom. The Morgan fingerprint density at radius 3 is 2.11 bits per heavy atom. The fraction of sp³-hybridized carbons (Fsp3) is 0.161. The predicted octanol–water partition coefficient (Wildman–Crippen LogP) is 5.81. The Kier molecular flexibility index (Phi) is 9.37. The van der Waals surface area contributed by atoms with E-state index in [4.69, 9.17) is 21.1 Å². The molecule has 7 heteroatoms. The number of amides is 2. The van der Waals surface area contributed by atoms with Crippen molar-refractivity contribution < 1.29 is 19.1 Å². The number of hydrogen-bond donors (Lipinski definition) is 1. The van der Waals surface area contributed by atoms with Crippen molar-refractivity contribution in [3.8, 4) is 11.5 Å². The van der Waals surface area contributed by atoms with Gasteiger partial charge in [0.25, 0.3) is 5.91 Å². The minimum Gasteiger partial charge on any atom is -0.497 e. The van der Waals surface area contributed by atoms with E-state index in [-0.39, 0.29) is 25.0 Å². The highest BCUT2D eigenvalue weighted by Crippen LogP contribution is 2.27. The molecule has 0 heterocycles. The summed E-state index contributed by atoms with van der Waals surface area (Å²) < 4.78 is 11.0. The zero-order chi connectivity index (χ0) is 26.7. The minimum absolute atomic E-state index is 0.188. The quantitative estimate of drug-likeness (QED) is 0.266. The molecule has 0 aliphatic heterocycles. The van der Waals surface area contributed by atoms with Crippen molar-refractivity contribution in [3.05, 3.63) is 131 Å². The van der Waals surface area contributed by atoms with Crippen LogP contribution in [0.1, 0.15) is 22.7 Å². The lowest BCUT2D eigenvalue weighted by Crippen LogP contribution is -2.45. The SMILES string of the molecule is COc1ccc(CN(C(=O)COc2ccccc2Cl)[C@H](C(=O)NCc2ccccc2)c2ccccc2)cc1. The van der Waals surface area contributed by atoms with Crippen molar-refractivity contribution in [1.82, 2.24) is 10.2 Å². The number of halogens is 1. The average molecular weight is 529 g/mol. The highest BCUT2D eigenvalue weighted by atomic mass is 35.5. The number of nitrogens with zero attached hydrogens (tertiary/aromatic N) is 1. The van der Waals surface area contributed by atoms with E-state index in [1.807, 2.05) is 84.9 Å². The molecule has 1 N–H and O–H groups in total. The molecule has 0 fully saturated rings. The summed E-state index contributed by atoms with van der Waals surface area (Å²) in [4.78, 5) is 28.9. The third kappa shape index (κ3) is 7.14. The summed E-state index contributed by atoms with van der Waals surface area (Å²) in [6.07, 6.45) is 0. The van der Waals surface area contributed by atoms with Crippen molar-refractivity contribution in [2.45, 2.75) is 19.1 Å². The first-order valence-corrected chi connectivity index (χ1v) is 12.6. The Balaban J connectivity index is 1.64. The summed E-state index contributed by atoms with van der Waals surface area (Å²) in [5.41, 5.74) is 2.49. The molecule has 0 bridgehead atoms. The second kappa shape index (κ2) is 13.3. The lowest BCUT2D eigenvalue weighted by atomic mass is 10.0. The number of nitrogens with one attached hydrogen (secondary N) is 1. The first-order chi connectivity index (χ1) is 18.5. The van der Waals surface area contributed by atoms with Gasteiger partial charge in [0.15, 0.2) is 6.61 Å². The Morgan fingerprint density at radius 1 is 0.816 bits per heavy atom. The molecule has 0 saturated heterocycles. The van der Waals surface area contributed by atoms with E-state index in [1.165, 1.54) is 4.90 Å². The summed E-state index contributed by atoms with van der Waals surface area (Å²) >= 11 is 6.23. The van der Waals surface area contributed by atoms with Crippen LogP contribution in [-0.2, 0) is 22.7 Å². The van der Waals surface area contributed by atoms with Gasteiger partial charge in [-0.3, -0.25) is 9.59 Å². The van der Waals surface area contributed by atoms with Gasteiger partial charge in [-0.25, -0.2) is 0 Å². The lowest BCUT2D eigenvalue weighted by Gasteiger charge is -2.31. The van der Waals surface area contributed by atoms with Crippen LogP contribution in [0.2, 0.25) is 5.02 Å². The van der Waals surface area contributed by atoms with E-state index >= 15 is 0 Å². The van der Waals surface area contributed by atoms with Crippen molar-refractivity contribution in [2.75, 3.05) is 13.7 Å². The molecule has 0 spiro atoms. The second-order valence-electron chi connectivity index (χ2n) is 8.61. The second-order valence-corrected chi connectivity index (χ2v) is 9.01. The molecule has 6 nitrogen and oxygen atoms in total. The predicted molar refractivity (Wildman–Crippen MR) is 148 cm³/mol. The molecule has 0 aliphatic rings. The first kappa shape index (κ1) is 26.8. The molecule has 0 unspecified atom stereocenters. The molecule has 0 aromatic heterocycles. The van der Waals surface area contributed by atoms with Gasteiger partial charge >= 0.3 is 0 Å². The smallest absolute Gasteiger partial charge is 0.261 e. The first-order valence-electron chi connectivity index (χ1n) is 12.2. The summed E-state index contributed by atoms with van der Waals surface area (Å²) in [7, 11) is 1.60. The van der Waals surface area contributed by atoms with Gasteiger partial charge in [-0.1, -0.05) is 96.5 Å². The van der Waals surface area contributed by atoms with E-state index in [9.17, 15) is 9.59 Å². The van der Waals surface area contributed by atoms with Gasteiger partial charge in [0.1, 0.15) is 17.5 Å². The van der Waals surface area contributed by atoms with Gasteiger partial charge in [0.2, 0.25) is 5.91 Å². The summed E-state index contributed by atoms with van der Waals surface area (Å²) in [6.45, 7) is 0.242. The fourth-order valence-corrected chi connectivity index (χ4v) is 4.22. The lowest BCUT2D eigenvalue weighted by molar-refractivity contribution is -0.143. The maximum absolute atomic E-state index is 13.7. The molecule has 4 rings (SSSR count). The Bertz CT molecular complexity index is 1330. The van der Waals surface area contributed by atoms with E-state index in [0.29, 0.717) is 28.6 Å². The third-order valence-corrected chi connectivity index (χ3v) is 6.32. The minimum atomic E-state index is -0.885. The number of methoxy groups -OCH3 is 1. The van der Waals surface area contributed by atoms with Crippen molar-refractivity contribution in [2.24, 2.45) is 0 Å². The number of para-hydroxylation sites is 1. The number of benzene rings is 4. The normalized spacial score (nSPS) is 11.3. The average Bonchev–Trinajstić information content (AvgIpc) is 2.96. The van der Waals surface area contributed by atoms with Crippen LogP contribution in [-0.4, -0.2) is 30.4 Å². The molecule has 38 heavy (non-hydrogen) atoms. The molecule has 4 aromatic carbocycles. The van der Waals surface area contributed by atoms with Crippen molar-refractivity contribution >= 4 is 23.4 Å². The fourth-order valence-electron chi connectivity index (χ4n) is 4.03. The van der Waals surface area contributed by atoms with Gasteiger partial charge in [0, 0.05) is 13.1 Å². The van der Waals surface area contributed by atoms with E-state index in [2.05, 4.69) is 5.32 Å². The van der Waals surface area contributed by atoms with Crippen LogP contribution in [0, 0.1) is 0 Å². The number of hydrogen-bond acceptors (Lipinski definition) is 4. The maximum Gasteiger partial charge on any atom is 0.261 e. The summed E-state index contributed by atoms with van der Waals surface area (Å²) in [6, 6.07) is 32.4. The van der Waals surface area contributed by atoms with Gasteiger partial charge in [0.05, 0.1) is 12.1 Å².